The van der Waals surface area contributed by atoms with E-state index in [0.29, 0.717) is 0 Å². The van der Waals surface area contributed by atoms with E-state index in [-0.39, 0.29) is 39.5 Å². The number of alkyl halides is 3. The standard InChI is InChI=1S/C39H49F3N2O15/c1-22(45)44-30-34(55-24(3)47)33(29(21-52-19-27-14-9-6-10-15-27)57-36(30)53-17-11-16-43-38(50)39(40,41)42)59-37-35(56-25(4)48)31(49)32(54-23(2)46)28(58-37)20-51-18-26-12-7-5-8-13-26/h5-10,12-15,28-37,49H,11,16-21H2,1-4H3,(H,43,50)(H,44,45)/t28-,29-,30-,31+,32+,33-,34-,35-,36-,37+/m1/s1. The molecule has 0 bridgehead atoms. The van der Waals surface area contributed by atoms with Gasteiger partial charge >= 0.3 is 30.0 Å². The maximum absolute atomic E-state index is 12.7. The third kappa shape index (κ3) is 14.8. The second-order valence-corrected chi connectivity index (χ2v) is 13.6. The number of rotatable bonds is 19. The van der Waals surface area contributed by atoms with Crippen LogP contribution in [-0.2, 0) is 79.8 Å². The van der Waals surface area contributed by atoms with Gasteiger partial charge in [0.15, 0.2) is 30.9 Å². The number of hydrogen-bond donors (Lipinski definition) is 3. The van der Waals surface area contributed by atoms with Crippen LogP contribution < -0.4 is 10.6 Å². The minimum absolute atomic E-state index is 0.0603. The van der Waals surface area contributed by atoms with Gasteiger partial charge in [-0.2, -0.15) is 13.2 Å². The maximum Gasteiger partial charge on any atom is 0.471 e. The highest BCUT2D eigenvalue weighted by molar-refractivity contribution is 5.81. The summed E-state index contributed by atoms with van der Waals surface area (Å²) in [5.74, 6) is -5.28. The fraction of sp³-hybridized carbons (Fsp3) is 0.564. The Labute approximate surface area is 338 Å². The topological polar surface area (TPSA) is 213 Å². The van der Waals surface area contributed by atoms with Gasteiger partial charge in [-0.25, -0.2) is 0 Å². The van der Waals surface area contributed by atoms with Crippen LogP contribution in [-0.4, -0.2) is 129 Å². The summed E-state index contributed by atoms with van der Waals surface area (Å²) in [4.78, 5) is 61.1. The Hall–Kier alpha value is -4.70. The fourth-order valence-corrected chi connectivity index (χ4v) is 6.32. The van der Waals surface area contributed by atoms with E-state index in [1.165, 1.54) is 0 Å². The van der Waals surface area contributed by atoms with Crippen molar-refractivity contribution in [1.82, 2.24) is 10.6 Å². The van der Waals surface area contributed by atoms with E-state index in [1.807, 2.05) is 36.4 Å². The normalized spacial score (nSPS) is 26.9. The predicted molar refractivity (Wildman–Crippen MR) is 194 cm³/mol. The molecule has 0 radical (unpaired) electrons. The molecule has 2 amide bonds. The molecular formula is C39H49F3N2O15. The summed E-state index contributed by atoms with van der Waals surface area (Å²) in [7, 11) is 0. The minimum atomic E-state index is -5.09. The van der Waals surface area contributed by atoms with Gasteiger partial charge in [-0.15, -0.1) is 0 Å². The Morgan fingerprint density at radius 3 is 1.69 bits per heavy atom. The van der Waals surface area contributed by atoms with Crippen LogP contribution in [0.25, 0.3) is 0 Å². The van der Waals surface area contributed by atoms with Gasteiger partial charge in [-0.05, 0) is 17.5 Å². The molecule has 326 valence electrons. The Morgan fingerprint density at radius 2 is 1.19 bits per heavy atom. The zero-order chi connectivity index (χ0) is 43.1. The van der Waals surface area contributed by atoms with Gasteiger partial charge in [-0.1, -0.05) is 60.7 Å². The second-order valence-electron chi connectivity index (χ2n) is 13.6. The maximum atomic E-state index is 12.7. The lowest BCUT2D eigenvalue weighted by Crippen LogP contribution is -2.69. The highest BCUT2D eigenvalue weighted by atomic mass is 19.4. The van der Waals surface area contributed by atoms with Crippen LogP contribution in [0.5, 0.6) is 0 Å². The summed E-state index contributed by atoms with van der Waals surface area (Å²) in [5, 5.41) is 16.0. The van der Waals surface area contributed by atoms with Crippen molar-refractivity contribution in [3.63, 3.8) is 0 Å². The summed E-state index contributed by atoms with van der Waals surface area (Å²) in [6, 6.07) is 16.7. The van der Waals surface area contributed by atoms with Crippen molar-refractivity contribution < 1.29 is 84.9 Å². The van der Waals surface area contributed by atoms with Crippen LogP contribution in [0.3, 0.4) is 0 Å². The molecule has 17 nitrogen and oxygen atoms in total. The van der Waals surface area contributed by atoms with E-state index < -0.39 is 104 Å². The summed E-state index contributed by atoms with van der Waals surface area (Å²) >= 11 is 0. The number of aliphatic hydroxyl groups excluding tert-OH is 1. The van der Waals surface area contributed by atoms with Gasteiger partial charge in [0, 0.05) is 34.2 Å². The van der Waals surface area contributed by atoms with E-state index in [9.17, 15) is 42.3 Å². The van der Waals surface area contributed by atoms with Crippen LogP contribution in [0.2, 0.25) is 0 Å². The molecule has 2 fully saturated rings. The van der Waals surface area contributed by atoms with Crippen LogP contribution in [0.4, 0.5) is 13.2 Å². The first-order valence-corrected chi connectivity index (χ1v) is 18.7. The molecule has 2 aromatic carbocycles. The molecule has 2 saturated heterocycles. The lowest BCUT2D eigenvalue weighted by molar-refractivity contribution is -0.351. The summed E-state index contributed by atoms with van der Waals surface area (Å²) in [6.07, 6.45) is -18.6. The number of esters is 3. The van der Waals surface area contributed by atoms with Gasteiger partial charge in [-0.3, -0.25) is 24.0 Å². The molecule has 10 atom stereocenters. The number of hydrogen-bond acceptors (Lipinski definition) is 15. The zero-order valence-corrected chi connectivity index (χ0v) is 32.8. The van der Waals surface area contributed by atoms with Gasteiger partial charge in [0.2, 0.25) is 5.91 Å². The van der Waals surface area contributed by atoms with Crippen LogP contribution in [0.15, 0.2) is 60.7 Å². The molecule has 0 spiro atoms. The van der Waals surface area contributed by atoms with Crippen molar-refractivity contribution in [3.05, 3.63) is 71.8 Å². The molecule has 3 N–H and O–H groups in total. The zero-order valence-electron chi connectivity index (χ0n) is 32.8. The molecule has 0 saturated carbocycles. The number of benzene rings is 2. The summed E-state index contributed by atoms with van der Waals surface area (Å²) in [5.41, 5.74) is 1.57. The molecule has 2 heterocycles. The molecule has 20 heteroatoms. The first-order chi connectivity index (χ1) is 28.0. The molecular weight excluding hydrogens is 793 g/mol. The summed E-state index contributed by atoms with van der Waals surface area (Å²) in [6.45, 7) is 3.30. The Bertz CT molecular complexity index is 1670. The second kappa shape index (κ2) is 22.6. The number of amides is 2. The third-order valence-electron chi connectivity index (χ3n) is 8.76. The molecule has 0 aliphatic carbocycles. The smallest absolute Gasteiger partial charge is 0.457 e. The molecule has 0 aromatic heterocycles. The lowest BCUT2D eigenvalue weighted by Gasteiger charge is -2.49. The van der Waals surface area contributed by atoms with E-state index in [4.69, 9.17) is 42.6 Å². The van der Waals surface area contributed by atoms with Crippen LogP contribution >= 0.6 is 0 Å². The number of aliphatic hydroxyl groups is 1. The molecule has 2 aliphatic rings. The summed E-state index contributed by atoms with van der Waals surface area (Å²) < 4.78 is 91.5. The minimum Gasteiger partial charge on any atom is -0.457 e. The predicted octanol–water partition coefficient (Wildman–Crippen LogP) is 2.00. The van der Waals surface area contributed by atoms with Crippen molar-refractivity contribution in [2.24, 2.45) is 0 Å². The van der Waals surface area contributed by atoms with E-state index in [2.05, 4.69) is 5.32 Å². The van der Waals surface area contributed by atoms with Crippen LogP contribution in [0.1, 0.15) is 45.2 Å². The monoisotopic (exact) mass is 842 g/mol. The number of halogens is 3. The lowest BCUT2D eigenvalue weighted by atomic mass is 9.95. The quantitative estimate of drug-likeness (QED) is 0.105. The molecule has 2 aromatic rings. The number of nitrogens with one attached hydrogen (secondary N) is 2. The Kier molecular flexibility index (Phi) is 18.0. The van der Waals surface area contributed by atoms with Crippen LogP contribution in [0, 0.1) is 0 Å². The average Bonchev–Trinajstić information content (AvgIpc) is 3.16. The highest BCUT2D eigenvalue weighted by Crippen LogP contribution is 2.34. The number of carbonyl (C=O) groups excluding carboxylic acids is 5. The molecule has 0 unspecified atom stereocenters. The Balaban J connectivity index is 1.67. The van der Waals surface area contributed by atoms with Crippen molar-refractivity contribution in [3.8, 4) is 0 Å². The molecule has 2 aliphatic heterocycles. The van der Waals surface area contributed by atoms with Gasteiger partial charge in [0.25, 0.3) is 0 Å². The van der Waals surface area contributed by atoms with Crippen molar-refractivity contribution in [1.29, 1.82) is 0 Å². The van der Waals surface area contributed by atoms with Gasteiger partial charge in [0.05, 0.1) is 33.0 Å². The Morgan fingerprint density at radius 1 is 0.695 bits per heavy atom. The van der Waals surface area contributed by atoms with Crippen molar-refractivity contribution in [2.75, 3.05) is 26.4 Å². The van der Waals surface area contributed by atoms with Crippen molar-refractivity contribution >= 4 is 29.7 Å². The first-order valence-electron chi connectivity index (χ1n) is 18.7. The number of carbonyl (C=O) groups is 5. The highest BCUT2D eigenvalue weighted by Gasteiger charge is 2.55. The van der Waals surface area contributed by atoms with E-state index in [1.54, 1.807) is 29.6 Å². The van der Waals surface area contributed by atoms with Crippen molar-refractivity contribution in [2.45, 2.75) is 115 Å². The molecule has 4 rings (SSSR count). The largest absolute Gasteiger partial charge is 0.471 e. The third-order valence-corrected chi connectivity index (χ3v) is 8.76. The SMILES string of the molecule is CC(=O)N[C@H]1[C@H](OCCCNC(=O)C(F)(F)F)O[C@H](COCc2ccccc2)[C@@H](O[C@@H]2O[C@H](COCc3ccccc3)[C@H](OC(C)=O)[C@H](O)[C@H]2OC(C)=O)[C@@H]1OC(C)=O. The van der Waals surface area contributed by atoms with E-state index in [0.717, 1.165) is 38.8 Å². The fourth-order valence-electron chi connectivity index (χ4n) is 6.32. The van der Waals surface area contributed by atoms with E-state index >= 15 is 0 Å². The van der Waals surface area contributed by atoms with Gasteiger partial charge < -0.3 is 58.4 Å². The first kappa shape index (κ1) is 47.0. The average molecular weight is 843 g/mol. The molecule has 59 heavy (non-hydrogen) atoms. The number of ether oxygens (including phenoxy) is 9. The van der Waals surface area contributed by atoms with Gasteiger partial charge in [0.1, 0.15) is 30.5 Å².